The number of hydrogen-bond donors (Lipinski definition) is 2. The van der Waals surface area contributed by atoms with Crippen LogP contribution in [-0.4, -0.2) is 55.0 Å². The Kier molecular flexibility index (Phi) is 7.13. The first-order chi connectivity index (χ1) is 12.5. The summed E-state index contributed by atoms with van der Waals surface area (Å²) in [4.78, 5) is 48.4. The van der Waals surface area contributed by atoms with Gasteiger partial charge in [0, 0.05) is 26.1 Å². The normalized spacial score (nSPS) is 16.3. The van der Waals surface area contributed by atoms with Crippen molar-refractivity contribution in [2.45, 2.75) is 19.8 Å². The number of benzene rings is 1. The molecule has 0 radical (unpaired) electrons. The first-order valence-corrected chi connectivity index (χ1v) is 8.55. The van der Waals surface area contributed by atoms with Crippen molar-refractivity contribution in [3.8, 4) is 0 Å². The maximum atomic E-state index is 12.1. The third kappa shape index (κ3) is 5.87. The lowest BCUT2D eigenvalue weighted by Crippen LogP contribution is -2.41. The van der Waals surface area contributed by atoms with Gasteiger partial charge in [-0.15, -0.1) is 0 Å². The number of carbonyl (C=O) groups excluding carboxylic acids is 4. The fraction of sp³-hybridized carbons (Fsp3) is 0.444. The number of hydrogen-bond acceptors (Lipinski definition) is 5. The number of nitrogens with zero attached hydrogens (tertiary/aromatic N) is 1. The van der Waals surface area contributed by atoms with Crippen molar-refractivity contribution < 1.29 is 23.9 Å². The van der Waals surface area contributed by atoms with Crippen molar-refractivity contribution in [3.63, 3.8) is 0 Å². The van der Waals surface area contributed by atoms with Crippen LogP contribution in [-0.2, 0) is 25.5 Å². The minimum atomic E-state index is -0.713. The van der Waals surface area contributed by atoms with Crippen LogP contribution < -0.4 is 10.6 Å². The average molecular weight is 361 g/mol. The highest BCUT2D eigenvalue weighted by atomic mass is 16.5. The molecular formula is C18H23N3O5. The Bertz CT molecular complexity index is 662. The second kappa shape index (κ2) is 9.55. The molecule has 4 amide bonds. The lowest BCUT2D eigenvalue weighted by atomic mass is 10.1. The van der Waals surface area contributed by atoms with E-state index in [-0.39, 0.29) is 18.9 Å². The van der Waals surface area contributed by atoms with Crippen molar-refractivity contribution in [2.24, 2.45) is 5.92 Å². The summed E-state index contributed by atoms with van der Waals surface area (Å²) in [7, 11) is 0. The molecule has 0 aliphatic carbocycles. The van der Waals surface area contributed by atoms with Gasteiger partial charge in [-0.05, 0) is 18.9 Å². The summed E-state index contributed by atoms with van der Waals surface area (Å²) in [6.45, 7) is 2.35. The number of esters is 1. The van der Waals surface area contributed by atoms with Crippen LogP contribution in [0.2, 0.25) is 0 Å². The summed E-state index contributed by atoms with van der Waals surface area (Å²) in [6, 6.07) is 9.13. The van der Waals surface area contributed by atoms with Crippen LogP contribution >= 0.6 is 0 Å². The van der Waals surface area contributed by atoms with Crippen LogP contribution in [0.4, 0.5) is 4.79 Å². The first-order valence-electron chi connectivity index (χ1n) is 8.55. The third-order valence-corrected chi connectivity index (χ3v) is 4.00. The molecule has 0 aromatic heterocycles. The highest BCUT2D eigenvalue weighted by molar-refractivity contribution is 5.95. The first kappa shape index (κ1) is 19.4. The van der Waals surface area contributed by atoms with Crippen molar-refractivity contribution in [3.05, 3.63) is 35.9 Å². The molecule has 1 aromatic rings. The molecule has 1 saturated heterocycles. The predicted octanol–water partition coefficient (Wildman–Crippen LogP) is 0.467. The minimum Gasteiger partial charge on any atom is -0.455 e. The molecule has 26 heavy (non-hydrogen) atoms. The smallest absolute Gasteiger partial charge is 0.321 e. The van der Waals surface area contributed by atoms with Gasteiger partial charge in [-0.1, -0.05) is 30.3 Å². The quantitative estimate of drug-likeness (QED) is 0.687. The Morgan fingerprint density at radius 3 is 2.65 bits per heavy atom. The maximum absolute atomic E-state index is 12.1. The van der Waals surface area contributed by atoms with E-state index in [1.165, 1.54) is 0 Å². The molecule has 1 fully saturated rings. The van der Waals surface area contributed by atoms with Gasteiger partial charge in [0.1, 0.15) is 0 Å². The highest BCUT2D eigenvalue weighted by Gasteiger charge is 2.35. The Morgan fingerprint density at radius 1 is 1.23 bits per heavy atom. The maximum Gasteiger partial charge on any atom is 0.321 e. The van der Waals surface area contributed by atoms with Gasteiger partial charge in [-0.3, -0.25) is 19.7 Å². The second-order valence-corrected chi connectivity index (χ2v) is 5.99. The van der Waals surface area contributed by atoms with E-state index in [4.69, 9.17) is 4.74 Å². The molecule has 0 spiro atoms. The van der Waals surface area contributed by atoms with Gasteiger partial charge in [-0.2, -0.15) is 0 Å². The zero-order chi connectivity index (χ0) is 18.9. The number of carbonyl (C=O) groups is 4. The van der Waals surface area contributed by atoms with Gasteiger partial charge >= 0.3 is 12.0 Å². The number of likely N-dealkylation sites (tertiary alicyclic amines) is 1. The second-order valence-electron chi connectivity index (χ2n) is 5.99. The zero-order valence-electron chi connectivity index (χ0n) is 14.7. The van der Waals surface area contributed by atoms with Gasteiger partial charge in [0.2, 0.25) is 5.91 Å². The van der Waals surface area contributed by atoms with Crippen LogP contribution in [0.1, 0.15) is 18.9 Å². The van der Waals surface area contributed by atoms with Gasteiger partial charge in [-0.25, -0.2) is 4.79 Å². The van der Waals surface area contributed by atoms with E-state index in [1.807, 2.05) is 35.6 Å². The Balaban J connectivity index is 1.74. The number of nitrogens with one attached hydrogen (secondary N) is 2. The van der Waals surface area contributed by atoms with Crippen LogP contribution in [0.15, 0.2) is 30.3 Å². The molecule has 1 heterocycles. The number of amides is 4. The van der Waals surface area contributed by atoms with Gasteiger partial charge in [0.25, 0.3) is 5.91 Å². The summed E-state index contributed by atoms with van der Waals surface area (Å²) in [5.74, 6) is -2.01. The molecule has 1 aromatic carbocycles. The van der Waals surface area contributed by atoms with Gasteiger partial charge < -0.3 is 15.0 Å². The molecular weight excluding hydrogens is 338 g/mol. The molecule has 1 aliphatic heterocycles. The number of urea groups is 1. The molecule has 2 rings (SSSR count). The molecule has 0 bridgehead atoms. The summed E-state index contributed by atoms with van der Waals surface area (Å²) in [5.41, 5.74) is 1.12. The van der Waals surface area contributed by atoms with Gasteiger partial charge in [0.15, 0.2) is 6.61 Å². The van der Waals surface area contributed by atoms with Crippen molar-refractivity contribution in [1.82, 2.24) is 15.5 Å². The molecule has 1 atom stereocenters. The van der Waals surface area contributed by atoms with E-state index < -0.39 is 30.4 Å². The summed E-state index contributed by atoms with van der Waals surface area (Å²) in [6.07, 6.45) is 0.787. The summed E-state index contributed by atoms with van der Waals surface area (Å²) >= 11 is 0. The van der Waals surface area contributed by atoms with Crippen molar-refractivity contribution in [2.75, 3.05) is 26.2 Å². The number of imide groups is 1. The third-order valence-electron chi connectivity index (χ3n) is 4.00. The average Bonchev–Trinajstić information content (AvgIpc) is 3.00. The molecule has 140 valence electrons. The molecule has 0 unspecified atom stereocenters. The summed E-state index contributed by atoms with van der Waals surface area (Å²) in [5, 5.41) is 4.43. The molecule has 8 nitrogen and oxygen atoms in total. The van der Waals surface area contributed by atoms with Gasteiger partial charge in [0.05, 0.1) is 5.92 Å². The topological polar surface area (TPSA) is 105 Å². The lowest BCUT2D eigenvalue weighted by molar-refractivity contribution is -0.152. The Morgan fingerprint density at radius 2 is 1.96 bits per heavy atom. The minimum absolute atomic E-state index is 0.0750. The molecule has 2 N–H and O–H groups in total. The van der Waals surface area contributed by atoms with Crippen LogP contribution in [0.3, 0.4) is 0 Å². The molecule has 0 saturated carbocycles. The number of ether oxygens (including phenoxy) is 1. The van der Waals surface area contributed by atoms with Crippen LogP contribution in [0.25, 0.3) is 0 Å². The van der Waals surface area contributed by atoms with Crippen molar-refractivity contribution >= 4 is 23.8 Å². The van der Waals surface area contributed by atoms with E-state index in [2.05, 4.69) is 5.32 Å². The highest BCUT2D eigenvalue weighted by Crippen LogP contribution is 2.19. The van der Waals surface area contributed by atoms with Crippen LogP contribution in [0.5, 0.6) is 0 Å². The monoisotopic (exact) mass is 361 g/mol. The number of rotatable bonds is 7. The van der Waals surface area contributed by atoms with Crippen molar-refractivity contribution in [1.29, 1.82) is 0 Å². The van der Waals surface area contributed by atoms with E-state index in [1.54, 1.807) is 11.8 Å². The standard InChI is InChI=1S/C18H23N3O5/c1-2-19-18(25)20-15(22)12-26-17(24)14-10-16(23)21(11-14)9-8-13-6-4-3-5-7-13/h3-7,14H,2,8-12H2,1H3,(H2,19,20,22,25)/t14-/m1/s1. The predicted molar refractivity (Wildman–Crippen MR) is 93.0 cm³/mol. The molecule has 8 heteroatoms. The largest absolute Gasteiger partial charge is 0.455 e. The lowest BCUT2D eigenvalue weighted by Gasteiger charge is -2.16. The van der Waals surface area contributed by atoms with E-state index in [0.29, 0.717) is 19.5 Å². The molecule has 1 aliphatic rings. The summed E-state index contributed by atoms with van der Waals surface area (Å²) < 4.78 is 4.92. The fourth-order valence-corrected chi connectivity index (χ4v) is 2.68. The van der Waals surface area contributed by atoms with E-state index >= 15 is 0 Å². The SMILES string of the molecule is CCNC(=O)NC(=O)COC(=O)[C@@H]1CC(=O)N(CCc2ccccc2)C1. The van der Waals surface area contributed by atoms with E-state index in [0.717, 1.165) is 5.56 Å². The zero-order valence-corrected chi connectivity index (χ0v) is 14.7. The fourth-order valence-electron chi connectivity index (χ4n) is 2.68. The Labute approximate surface area is 151 Å². The van der Waals surface area contributed by atoms with E-state index in [9.17, 15) is 19.2 Å². The van der Waals surface area contributed by atoms with Crippen LogP contribution in [0, 0.1) is 5.92 Å². The Hall–Kier alpha value is -2.90.